The molecule has 3 nitrogen and oxygen atoms in total. The van der Waals surface area contributed by atoms with Gasteiger partial charge in [-0.3, -0.25) is 14.5 Å². The number of nitrogens with zero attached hydrogens (tertiary/aromatic N) is 1. The number of thioether (sulfide) groups is 1. The summed E-state index contributed by atoms with van der Waals surface area (Å²) in [7, 11) is 1.55. The largest absolute Gasteiger partial charge is 0.285 e. The molecule has 0 spiro atoms. The second-order valence-electron chi connectivity index (χ2n) is 4.30. The van der Waals surface area contributed by atoms with Gasteiger partial charge >= 0.3 is 0 Å². The van der Waals surface area contributed by atoms with Gasteiger partial charge in [0.2, 0.25) is 11.8 Å². The number of imide groups is 1. The number of hydrogen-bond donors (Lipinski definition) is 2. The van der Waals surface area contributed by atoms with E-state index in [1.165, 1.54) is 4.90 Å². The van der Waals surface area contributed by atoms with Crippen molar-refractivity contribution in [2.45, 2.75) is 47.7 Å². The van der Waals surface area contributed by atoms with Crippen LogP contribution in [0.1, 0.15) is 26.7 Å². The number of thiol groups is 2. The Kier molecular flexibility index (Phi) is 5.73. The molecule has 6 heteroatoms. The second kappa shape index (κ2) is 6.38. The van der Waals surface area contributed by atoms with E-state index < -0.39 is 0 Å². The zero-order valence-electron chi connectivity index (χ0n) is 10.3. The molecule has 0 bridgehead atoms. The van der Waals surface area contributed by atoms with E-state index in [2.05, 4.69) is 32.2 Å². The van der Waals surface area contributed by atoms with Crippen LogP contribution in [0.15, 0.2) is 0 Å². The quantitative estimate of drug-likeness (QED) is 0.600. The summed E-state index contributed by atoms with van der Waals surface area (Å²) in [5.41, 5.74) is 0. The molecule has 0 aliphatic carbocycles. The molecule has 0 saturated carbocycles. The van der Waals surface area contributed by atoms with E-state index in [-0.39, 0.29) is 32.8 Å². The average molecular weight is 293 g/mol. The van der Waals surface area contributed by atoms with Crippen LogP contribution in [0.4, 0.5) is 0 Å². The summed E-state index contributed by atoms with van der Waals surface area (Å²) in [6, 6.07) is 0. The Morgan fingerprint density at radius 3 is 2.41 bits per heavy atom. The van der Waals surface area contributed by atoms with Crippen molar-refractivity contribution in [1.29, 1.82) is 0 Å². The number of amides is 2. The lowest BCUT2D eigenvalue weighted by Crippen LogP contribution is -2.31. The van der Waals surface area contributed by atoms with E-state index in [9.17, 15) is 9.59 Å². The Morgan fingerprint density at radius 1 is 1.47 bits per heavy atom. The van der Waals surface area contributed by atoms with Gasteiger partial charge in [0.25, 0.3) is 0 Å². The zero-order valence-corrected chi connectivity index (χ0v) is 12.9. The molecule has 1 unspecified atom stereocenters. The van der Waals surface area contributed by atoms with Crippen molar-refractivity contribution in [3.8, 4) is 0 Å². The van der Waals surface area contributed by atoms with Crippen molar-refractivity contribution in [2.24, 2.45) is 0 Å². The lowest BCUT2D eigenvalue weighted by atomic mass is 10.2. The maximum atomic E-state index is 11.8. The minimum atomic E-state index is -0.237. The normalized spacial score (nSPS) is 26.2. The highest BCUT2D eigenvalue weighted by Gasteiger charge is 2.38. The Bertz CT molecular complexity index is 309. The van der Waals surface area contributed by atoms with E-state index >= 15 is 0 Å². The van der Waals surface area contributed by atoms with Crippen LogP contribution >= 0.6 is 37.0 Å². The molecular formula is C11H19NO2S3. The molecule has 1 aliphatic rings. The number of hydrogen-bond acceptors (Lipinski definition) is 5. The molecule has 0 N–H and O–H groups in total. The first-order valence-electron chi connectivity index (χ1n) is 5.70. The molecule has 0 radical (unpaired) electrons. The predicted octanol–water partition coefficient (Wildman–Crippen LogP) is 1.87. The molecule has 1 rings (SSSR count). The smallest absolute Gasteiger partial charge is 0.242 e. The number of likely N-dealkylation sites (tertiary alicyclic amines) is 1. The lowest BCUT2D eigenvalue weighted by molar-refractivity contribution is -0.136. The maximum absolute atomic E-state index is 11.8. The van der Waals surface area contributed by atoms with Crippen molar-refractivity contribution >= 4 is 48.8 Å². The Hall–Kier alpha value is 0.190. The lowest BCUT2D eigenvalue weighted by Gasteiger charge is -2.25. The van der Waals surface area contributed by atoms with Gasteiger partial charge in [-0.2, -0.15) is 25.3 Å². The standard InChI is InChI=1S/C11H19NO2S3/c1-4-7(10(16)6(2)15)17-8-5-9(13)12(3)11(8)14/h6-8,10,15-16H,4-5H2,1-3H3/t6-,7+,8?,10+/m0/s1. The maximum Gasteiger partial charge on any atom is 0.242 e. The first-order valence-corrected chi connectivity index (χ1v) is 7.68. The second-order valence-corrected chi connectivity index (χ2v) is 7.16. The highest BCUT2D eigenvalue weighted by molar-refractivity contribution is 8.02. The van der Waals surface area contributed by atoms with Crippen molar-refractivity contribution < 1.29 is 9.59 Å². The van der Waals surface area contributed by atoms with Gasteiger partial charge < -0.3 is 0 Å². The molecule has 1 aliphatic heterocycles. The minimum Gasteiger partial charge on any atom is -0.285 e. The molecule has 1 heterocycles. The van der Waals surface area contributed by atoms with Crippen molar-refractivity contribution in [2.75, 3.05) is 7.05 Å². The van der Waals surface area contributed by atoms with Crippen LogP contribution in [0.3, 0.4) is 0 Å². The van der Waals surface area contributed by atoms with Crippen LogP contribution in [0.25, 0.3) is 0 Å². The first-order chi connectivity index (χ1) is 7.88. The molecule has 1 fully saturated rings. The minimum absolute atomic E-state index is 0.0780. The first kappa shape index (κ1) is 15.2. The van der Waals surface area contributed by atoms with Crippen LogP contribution in [0, 0.1) is 0 Å². The van der Waals surface area contributed by atoms with E-state index in [1.807, 2.05) is 6.92 Å². The molecule has 17 heavy (non-hydrogen) atoms. The summed E-state index contributed by atoms with van der Waals surface area (Å²) in [4.78, 5) is 24.5. The summed E-state index contributed by atoms with van der Waals surface area (Å²) in [6.45, 7) is 4.07. The van der Waals surface area contributed by atoms with E-state index in [1.54, 1.807) is 18.8 Å². The van der Waals surface area contributed by atoms with Crippen molar-refractivity contribution in [3.63, 3.8) is 0 Å². The van der Waals surface area contributed by atoms with Crippen LogP contribution in [-0.4, -0.2) is 44.8 Å². The zero-order chi connectivity index (χ0) is 13.2. The van der Waals surface area contributed by atoms with Gasteiger partial charge in [-0.1, -0.05) is 13.8 Å². The molecule has 98 valence electrons. The molecule has 2 amide bonds. The van der Waals surface area contributed by atoms with Crippen LogP contribution in [0.2, 0.25) is 0 Å². The van der Waals surface area contributed by atoms with Crippen LogP contribution in [0.5, 0.6) is 0 Å². The summed E-state index contributed by atoms with van der Waals surface area (Å²) in [5, 5.41) is 0.307. The summed E-state index contributed by atoms with van der Waals surface area (Å²) >= 11 is 10.5. The van der Waals surface area contributed by atoms with Gasteiger partial charge in [-0.05, 0) is 6.42 Å². The van der Waals surface area contributed by atoms with Crippen molar-refractivity contribution in [3.05, 3.63) is 0 Å². The Balaban J connectivity index is 2.64. The third-order valence-corrected chi connectivity index (χ3v) is 6.19. The van der Waals surface area contributed by atoms with E-state index in [4.69, 9.17) is 0 Å². The molecule has 0 aromatic carbocycles. The molecule has 1 saturated heterocycles. The molecule has 0 aromatic heterocycles. The fourth-order valence-electron chi connectivity index (χ4n) is 1.77. The molecule has 4 atom stereocenters. The monoisotopic (exact) mass is 293 g/mol. The number of carbonyl (C=O) groups is 2. The SMILES string of the molecule is CC[C@@H](SC1CC(=O)N(C)C1=O)[C@H](S)[C@H](C)S. The van der Waals surface area contributed by atoms with E-state index in [0.29, 0.717) is 6.42 Å². The Labute approximate surface area is 118 Å². The third kappa shape index (κ3) is 3.58. The number of carbonyl (C=O) groups excluding carboxylic acids is 2. The summed E-state index contributed by atoms with van der Waals surface area (Å²) < 4.78 is 0. The third-order valence-electron chi connectivity index (χ3n) is 2.96. The van der Waals surface area contributed by atoms with Gasteiger partial charge in [0.1, 0.15) is 0 Å². The van der Waals surface area contributed by atoms with Crippen LogP contribution < -0.4 is 0 Å². The van der Waals surface area contributed by atoms with E-state index in [0.717, 1.165) is 6.42 Å². The summed E-state index contributed by atoms with van der Waals surface area (Å²) in [6.07, 6.45) is 1.24. The van der Waals surface area contributed by atoms with Gasteiger partial charge in [0.15, 0.2) is 0 Å². The van der Waals surface area contributed by atoms with Crippen LogP contribution in [-0.2, 0) is 9.59 Å². The summed E-state index contributed by atoms with van der Waals surface area (Å²) in [5.74, 6) is -0.164. The fourth-order valence-corrected chi connectivity index (χ4v) is 4.04. The number of rotatable bonds is 5. The van der Waals surface area contributed by atoms with Gasteiger partial charge in [0, 0.05) is 29.2 Å². The molecular weight excluding hydrogens is 274 g/mol. The predicted molar refractivity (Wildman–Crippen MR) is 79.1 cm³/mol. The highest BCUT2D eigenvalue weighted by Crippen LogP contribution is 2.34. The van der Waals surface area contributed by atoms with Gasteiger partial charge in [0.05, 0.1) is 5.25 Å². The average Bonchev–Trinajstić information content (AvgIpc) is 2.52. The van der Waals surface area contributed by atoms with Gasteiger partial charge in [-0.25, -0.2) is 0 Å². The topological polar surface area (TPSA) is 37.4 Å². The highest BCUT2D eigenvalue weighted by atomic mass is 32.2. The van der Waals surface area contributed by atoms with Gasteiger partial charge in [-0.15, -0.1) is 11.8 Å². The Morgan fingerprint density at radius 2 is 2.06 bits per heavy atom. The van der Waals surface area contributed by atoms with Crippen molar-refractivity contribution in [1.82, 2.24) is 4.90 Å². The fraction of sp³-hybridized carbons (Fsp3) is 0.818. The molecule has 0 aromatic rings.